The van der Waals surface area contributed by atoms with E-state index in [0.29, 0.717) is 24.5 Å². The Morgan fingerprint density at radius 2 is 1.63 bits per heavy atom. The molecule has 0 aliphatic rings. The van der Waals surface area contributed by atoms with Gasteiger partial charge in [-0.25, -0.2) is 4.79 Å². The number of fused-ring (bicyclic) bond motifs is 1. The number of amides is 1. The van der Waals surface area contributed by atoms with Crippen molar-refractivity contribution in [1.82, 2.24) is 9.47 Å². The number of aliphatic carboxylic acids is 1. The second-order valence-electron chi connectivity index (χ2n) is 8.36. The Hall–Kier alpha value is -4.32. The third-order valence-corrected chi connectivity index (χ3v) is 5.84. The van der Waals surface area contributed by atoms with Crippen molar-refractivity contribution >= 4 is 28.9 Å². The summed E-state index contributed by atoms with van der Waals surface area (Å²) in [6.07, 6.45) is 5.23. The molecular weight excluding hydrogens is 440 g/mol. The number of carboxylic acids is 1. The van der Waals surface area contributed by atoms with Gasteiger partial charge in [-0.05, 0) is 29.7 Å². The van der Waals surface area contributed by atoms with Gasteiger partial charge in [0.25, 0.3) is 0 Å². The van der Waals surface area contributed by atoms with Crippen LogP contribution in [0, 0.1) is 0 Å². The number of likely N-dealkylation sites (N-methyl/N-ethyl adjacent to an activating group) is 1. The number of aromatic nitrogens is 1. The maximum atomic E-state index is 13.1. The zero-order valence-electron chi connectivity index (χ0n) is 19.6. The molecule has 3 aromatic carbocycles. The molecule has 0 saturated heterocycles. The minimum atomic E-state index is -1.03. The van der Waals surface area contributed by atoms with Crippen molar-refractivity contribution in [3.8, 4) is 5.75 Å². The monoisotopic (exact) mass is 468 g/mol. The van der Waals surface area contributed by atoms with Crippen LogP contribution >= 0.6 is 0 Å². The highest BCUT2D eigenvalue weighted by Gasteiger charge is 2.17. The molecule has 0 spiro atoms. The van der Waals surface area contributed by atoms with Gasteiger partial charge in [0.2, 0.25) is 5.91 Å². The van der Waals surface area contributed by atoms with E-state index in [-0.39, 0.29) is 12.5 Å². The number of hydrogen-bond acceptors (Lipinski definition) is 3. The molecule has 1 N–H and O–H groups in total. The Morgan fingerprint density at radius 1 is 0.943 bits per heavy atom. The van der Waals surface area contributed by atoms with Gasteiger partial charge >= 0.3 is 5.97 Å². The summed E-state index contributed by atoms with van der Waals surface area (Å²) in [5.41, 5.74) is 3.69. The summed E-state index contributed by atoms with van der Waals surface area (Å²) in [5, 5.41) is 9.94. The lowest BCUT2D eigenvalue weighted by molar-refractivity contribution is -0.131. The number of para-hydroxylation sites is 1. The average Bonchev–Trinajstić information content (AvgIpc) is 3.23. The molecule has 35 heavy (non-hydrogen) atoms. The average molecular weight is 469 g/mol. The molecule has 0 radical (unpaired) electrons. The van der Waals surface area contributed by atoms with E-state index in [4.69, 9.17) is 9.84 Å². The molecule has 1 amide bonds. The minimum absolute atomic E-state index is 0.0375. The lowest BCUT2D eigenvalue weighted by atomic mass is 10.1. The molecule has 0 fully saturated rings. The van der Waals surface area contributed by atoms with E-state index in [1.165, 1.54) is 5.56 Å². The Labute approximate surface area is 204 Å². The summed E-state index contributed by atoms with van der Waals surface area (Å²) < 4.78 is 7.99. The highest BCUT2D eigenvalue weighted by Crippen LogP contribution is 2.31. The number of ether oxygens (including phenoxy) is 1. The first-order chi connectivity index (χ1) is 17.0. The topological polar surface area (TPSA) is 71.8 Å². The van der Waals surface area contributed by atoms with Gasteiger partial charge in [0.1, 0.15) is 18.9 Å². The summed E-state index contributed by atoms with van der Waals surface area (Å²) in [6.45, 7) is 1.11. The molecule has 6 nitrogen and oxygen atoms in total. The van der Waals surface area contributed by atoms with Gasteiger partial charge in [-0.1, -0.05) is 72.8 Å². The van der Waals surface area contributed by atoms with Crippen molar-refractivity contribution < 1.29 is 19.4 Å². The van der Waals surface area contributed by atoms with Crippen molar-refractivity contribution in [3.05, 3.63) is 108 Å². The van der Waals surface area contributed by atoms with E-state index in [1.807, 2.05) is 77.5 Å². The Bertz CT molecular complexity index is 1330. The molecule has 0 aliphatic heterocycles. The molecule has 0 aliphatic carbocycles. The summed E-state index contributed by atoms with van der Waals surface area (Å²) in [5.74, 6) is -0.426. The van der Waals surface area contributed by atoms with Crippen LogP contribution in [0.25, 0.3) is 17.0 Å². The van der Waals surface area contributed by atoms with Crippen molar-refractivity contribution in [3.63, 3.8) is 0 Å². The van der Waals surface area contributed by atoms with E-state index in [1.54, 1.807) is 18.0 Å². The Morgan fingerprint density at radius 3 is 2.31 bits per heavy atom. The van der Waals surface area contributed by atoms with Gasteiger partial charge in [0.05, 0.1) is 5.52 Å². The highest BCUT2D eigenvalue weighted by molar-refractivity contribution is 5.97. The van der Waals surface area contributed by atoms with Crippen LogP contribution < -0.4 is 4.74 Å². The SMILES string of the molecule is CN(CCc1ccccc1)C(=O)Cn1cc(/C=C/C(=O)O)c2cccc(OCc3ccccc3)c21. The van der Waals surface area contributed by atoms with Gasteiger partial charge in [0.15, 0.2) is 0 Å². The van der Waals surface area contributed by atoms with Crippen LogP contribution in [-0.4, -0.2) is 40.0 Å². The standard InChI is InChI=1S/C29H28N2O4/c1-30(18-17-22-9-4-2-5-10-22)27(32)20-31-19-24(15-16-28(33)34)25-13-8-14-26(29(25)31)35-21-23-11-6-3-7-12-23/h2-16,19H,17-18,20-21H2,1H3,(H,33,34)/b16-15+. The lowest BCUT2D eigenvalue weighted by Gasteiger charge is -2.18. The molecule has 4 rings (SSSR count). The van der Waals surface area contributed by atoms with Gasteiger partial charge in [-0.2, -0.15) is 0 Å². The number of benzene rings is 3. The zero-order valence-corrected chi connectivity index (χ0v) is 19.6. The van der Waals surface area contributed by atoms with Crippen LogP contribution in [-0.2, 0) is 29.2 Å². The first-order valence-corrected chi connectivity index (χ1v) is 11.5. The van der Waals surface area contributed by atoms with E-state index in [9.17, 15) is 9.59 Å². The van der Waals surface area contributed by atoms with E-state index in [0.717, 1.165) is 29.0 Å². The van der Waals surface area contributed by atoms with Crippen LogP contribution in [0.5, 0.6) is 5.75 Å². The molecule has 6 heteroatoms. The number of carbonyl (C=O) groups is 2. The van der Waals surface area contributed by atoms with Crippen LogP contribution in [0.15, 0.2) is 91.1 Å². The molecular formula is C29H28N2O4. The summed E-state index contributed by atoms with van der Waals surface area (Å²) in [6, 6.07) is 25.6. The molecule has 0 bridgehead atoms. The molecule has 1 heterocycles. The molecule has 0 unspecified atom stereocenters. The fraction of sp³-hybridized carbons (Fsp3) is 0.172. The van der Waals surface area contributed by atoms with E-state index in [2.05, 4.69) is 12.1 Å². The van der Waals surface area contributed by atoms with Gasteiger partial charge < -0.3 is 19.3 Å². The summed E-state index contributed by atoms with van der Waals surface area (Å²) in [7, 11) is 1.80. The van der Waals surface area contributed by atoms with E-state index >= 15 is 0 Å². The van der Waals surface area contributed by atoms with Crippen LogP contribution in [0.1, 0.15) is 16.7 Å². The fourth-order valence-corrected chi connectivity index (χ4v) is 3.96. The largest absolute Gasteiger partial charge is 0.487 e. The first kappa shape index (κ1) is 23.8. The Kier molecular flexibility index (Phi) is 7.63. The maximum absolute atomic E-state index is 13.1. The molecule has 178 valence electrons. The number of nitrogens with zero attached hydrogens (tertiary/aromatic N) is 2. The Balaban J connectivity index is 1.59. The fourth-order valence-electron chi connectivity index (χ4n) is 3.96. The van der Waals surface area contributed by atoms with Gasteiger partial charge in [-0.15, -0.1) is 0 Å². The van der Waals surface area contributed by atoms with Crippen molar-refractivity contribution in [2.45, 2.75) is 19.6 Å². The normalized spacial score (nSPS) is 11.1. The third-order valence-electron chi connectivity index (χ3n) is 5.84. The number of hydrogen-bond donors (Lipinski definition) is 1. The van der Waals surface area contributed by atoms with Gasteiger partial charge in [0, 0.05) is 36.8 Å². The second-order valence-corrected chi connectivity index (χ2v) is 8.36. The zero-order chi connectivity index (χ0) is 24.6. The number of carbonyl (C=O) groups excluding carboxylic acids is 1. The third kappa shape index (κ3) is 6.18. The molecule has 4 aromatic rings. The van der Waals surface area contributed by atoms with Crippen molar-refractivity contribution in [2.75, 3.05) is 13.6 Å². The highest BCUT2D eigenvalue weighted by atomic mass is 16.5. The smallest absolute Gasteiger partial charge is 0.328 e. The van der Waals surface area contributed by atoms with E-state index < -0.39 is 5.97 Å². The maximum Gasteiger partial charge on any atom is 0.328 e. The quantitative estimate of drug-likeness (QED) is 0.332. The second kappa shape index (κ2) is 11.2. The number of carboxylic acid groups (broad SMARTS) is 1. The van der Waals surface area contributed by atoms with Gasteiger partial charge in [-0.3, -0.25) is 4.79 Å². The predicted molar refractivity (Wildman–Crippen MR) is 137 cm³/mol. The van der Waals surface area contributed by atoms with Crippen molar-refractivity contribution in [2.24, 2.45) is 0 Å². The van der Waals surface area contributed by atoms with Crippen LogP contribution in [0.3, 0.4) is 0 Å². The molecule has 0 saturated carbocycles. The predicted octanol–water partition coefficient (Wildman–Crippen LogP) is 5.02. The van der Waals surface area contributed by atoms with Crippen molar-refractivity contribution in [1.29, 1.82) is 0 Å². The van der Waals surface area contributed by atoms with Crippen LogP contribution in [0.2, 0.25) is 0 Å². The molecule has 1 aromatic heterocycles. The minimum Gasteiger partial charge on any atom is -0.487 e. The lowest BCUT2D eigenvalue weighted by Crippen LogP contribution is -2.31. The summed E-state index contributed by atoms with van der Waals surface area (Å²) >= 11 is 0. The molecule has 0 atom stereocenters. The summed E-state index contributed by atoms with van der Waals surface area (Å²) in [4.78, 5) is 25.9. The first-order valence-electron chi connectivity index (χ1n) is 11.5. The van der Waals surface area contributed by atoms with Crippen LogP contribution in [0.4, 0.5) is 0 Å². The number of rotatable bonds is 10.